The SMILES string of the molecule is Cc1cc(C(=O)NCCCN2CCOCC2)ccc1-c1nc2c(O)cccc2[nH]1. The quantitative estimate of drug-likeness (QED) is 0.559. The lowest BCUT2D eigenvalue weighted by molar-refractivity contribution is 0.0374. The van der Waals surface area contributed by atoms with Gasteiger partial charge in [0.15, 0.2) is 0 Å². The van der Waals surface area contributed by atoms with E-state index in [-0.39, 0.29) is 11.7 Å². The summed E-state index contributed by atoms with van der Waals surface area (Å²) in [5, 5.41) is 13.0. The van der Waals surface area contributed by atoms with Crippen LogP contribution in [0.4, 0.5) is 0 Å². The fraction of sp³-hybridized carbons (Fsp3) is 0.364. The smallest absolute Gasteiger partial charge is 0.251 e. The number of ether oxygens (including phenoxy) is 1. The number of carbonyl (C=O) groups excluding carboxylic acids is 1. The minimum Gasteiger partial charge on any atom is -0.506 e. The van der Waals surface area contributed by atoms with Crippen molar-refractivity contribution >= 4 is 16.9 Å². The third kappa shape index (κ3) is 4.41. The number of imidazole rings is 1. The zero-order valence-electron chi connectivity index (χ0n) is 16.6. The molecule has 4 rings (SSSR count). The van der Waals surface area contributed by atoms with Gasteiger partial charge < -0.3 is 20.1 Å². The van der Waals surface area contributed by atoms with E-state index in [9.17, 15) is 9.90 Å². The number of nitrogens with zero attached hydrogens (tertiary/aromatic N) is 2. The van der Waals surface area contributed by atoms with Crippen LogP contribution in [0.2, 0.25) is 0 Å². The molecule has 2 heterocycles. The lowest BCUT2D eigenvalue weighted by atomic mass is 10.0. The van der Waals surface area contributed by atoms with Gasteiger partial charge in [0, 0.05) is 30.8 Å². The number of rotatable bonds is 6. The highest BCUT2D eigenvalue weighted by Crippen LogP contribution is 2.28. The number of hydrogen-bond acceptors (Lipinski definition) is 5. The first-order chi connectivity index (χ1) is 14.1. The van der Waals surface area contributed by atoms with Gasteiger partial charge in [0.05, 0.1) is 18.7 Å². The fourth-order valence-corrected chi connectivity index (χ4v) is 3.65. The molecule has 1 amide bonds. The van der Waals surface area contributed by atoms with Gasteiger partial charge in [-0.25, -0.2) is 4.98 Å². The molecule has 1 saturated heterocycles. The number of aromatic hydroxyl groups is 1. The molecule has 3 N–H and O–H groups in total. The fourth-order valence-electron chi connectivity index (χ4n) is 3.65. The Morgan fingerprint density at radius 2 is 2.10 bits per heavy atom. The summed E-state index contributed by atoms with van der Waals surface area (Å²) in [5.74, 6) is 0.760. The Morgan fingerprint density at radius 1 is 1.28 bits per heavy atom. The molecule has 0 spiro atoms. The van der Waals surface area contributed by atoms with Gasteiger partial charge >= 0.3 is 0 Å². The minimum absolute atomic E-state index is 0.0659. The number of phenolic OH excluding ortho intramolecular Hbond substituents is 1. The minimum atomic E-state index is -0.0659. The van der Waals surface area contributed by atoms with Gasteiger partial charge in [-0.1, -0.05) is 12.1 Å². The maximum absolute atomic E-state index is 12.5. The van der Waals surface area contributed by atoms with Crippen LogP contribution in [-0.2, 0) is 4.74 Å². The maximum atomic E-state index is 12.5. The number of fused-ring (bicyclic) bond motifs is 1. The highest BCUT2D eigenvalue weighted by atomic mass is 16.5. The van der Waals surface area contributed by atoms with Crippen molar-refractivity contribution in [2.24, 2.45) is 0 Å². The van der Waals surface area contributed by atoms with Crippen molar-refractivity contribution in [2.45, 2.75) is 13.3 Å². The van der Waals surface area contributed by atoms with Crippen molar-refractivity contribution in [3.05, 3.63) is 47.5 Å². The van der Waals surface area contributed by atoms with Gasteiger partial charge in [-0.05, 0) is 49.7 Å². The Hall–Kier alpha value is -2.90. The number of para-hydroxylation sites is 1. The largest absolute Gasteiger partial charge is 0.506 e. The molecule has 0 radical (unpaired) electrons. The molecule has 1 aliphatic heterocycles. The van der Waals surface area contributed by atoms with Gasteiger partial charge in [-0.15, -0.1) is 0 Å². The van der Waals surface area contributed by atoms with Crippen molar-refractivity contribution in [3.8, 4) is 17.1 Å². The number of aryl methyl sites for hydroxylation is 1. The lowest BCUT2D eigenvalue weighted by Crippen LogP contribution is -2.38. The molecule has 1 aliphatic rings. The lowest BCUT2D eigenvalue weighted by Gasteiger charge is -2.26. The summed E-state index contributed by atoms with van der Waals surface area (Å²) in [7, 11) is 0. The molecule has 7 nitrogen and oxygen atoms in total. The second-order valence-corrected chi connectivity index (χ2v) is 7.35. The summed E-state index contributed by atoms with van der Waals surface area (Å²) in [6.45, 7) is 7.10. The van der Waals surface area contributed by atoms with Crippen molar-refractivity contribution in [1.82, 2.24) is 20.2 Å². The third-order valence-electron chi connectivity index (χ3n) is 5.28. The van der Waals surface area contributed by atoms with E-state index >= 15 is 0 Å². The van der Waals surface area contributed by atoms with Crippen LogP contribution in [-0.4, -0.2) is 65.3 Å². The van der Waals surface area contributed by atoms with E-state index in [1.165, 1.54) is 0 Å². The Labute approximate surface area is 169 Å². The summed E-state index contributed by atoms with van der Waals surface area (Å²) >= 11 is 0. The number of nitrogens with one attached hydrogen (secondary N) is 2. The second-order valence-electron chi connectivity index (χ2n) is 7.35. The molecule has 29 heavy (non-hydrogen) atoms. The normalized spacial score (nSPS) is 14.9. The van der Waals surface area contributed by atoms with Crippen LogP contribution in [0.3, 0.4) is 0 Å². The first kappa shape index (κ1) is 19.4. The van der Waals surface area contributed by atoms with E-state index in [2.05, 4.69) is 20.2 Å². The highest BCUT2D eigenvalue weighted by Gasteiger charge is 2.13. The van der Waals surface area contributed by atoms with Crippen LogP contribution in [0, 0.1) is 6.92 Å². The molecule has 0 atom stereocenters. The van der Waals surface area contributed by atoms with E-state index < -0.39 is 0 Å². The number of morpholine rings is 1. The van der Waals surface area contributed by atoms with Crippen molar-refractivity contribution in [3.63, 3.8) is 0 Å². The second kappa shape index (κ2) is 8.63. The van der Waals surface area contributed by atoms with Crippen LogP contribution in [0.25, 0.3) is 22.4 Å². The molecular weight excluding hydrogens is 368 g/mol. The predicted octanol–water partition coefficient (Wildman–Crippen LogP) is 2.70. The maximum Gasteiger partial charge on any atom is 0.251 e. The number of aromatic nitrogens is 2. The molecule has 1 fully saturated rings. The van der Waals surface area contributed by atoms with Crippen LogP contribution in [0.5, 0.6) is 5.75 Å². The van der Waals surface area contributed by atoms with E-state index in [4.69, 9.17) is 4.74 Å². The van der Waals surface area contributed by atoms with Crippen LogP contribution < -0.4 is 5.32 Å². The molecule has 3 aromatic rings. The van der Waals surface area contributed by atoms with Crippen LogP contribution in [0.1, 0.15) is 22.3 Å². The molecule has 2 aromatic carbocycles. The van der Waals surface area contributed by atoms with Gasteiger partial charge in [0.25, 0.3) is 5.91 Å². The first-order valence-corrected chi connectivity index (χ1v) is 9.99. The number of aromatic amines is 1. The summed E-state index contributed by atoms with van der Waals surface area (Å²) in [6.07, 6.45) is 0.922. The first-order valence-electron chi connectivity index (χ1n) is 9.99. The highest BCUT2D eigenvalue weighted by molar-refractivity contribution is 5.95. The molecule has 0 aliphatic carbocycles. The summed E-state index contributed by atoms with van der Waals surface area (Å²) in [6, 6.07) is 10.9. The number of benzene rings is 2. The van der Waals surface area contributed by atoms with Gasteiger partial charge in [0.1, 0.15) is 17.1 Å². The predicted molar refractivity (Wildman–Crippen MR) is 112 cm³/mol. The van der Waals surface area contributed by atoms with Crippen molar-refractivity contribution in [1.29, 1.82) is 0 Å². The number of phenols is 1. The monoisotopic (exact) mass is 394 g/mol. The Morgan fingerprint density at radius 3 is 2.86 bits per heavy atom. The van der Waals surface area contributed by atoms with Gasteiger partial charge in [-0.2, -0.15) is 0 Å². The van der Waals surface area contributed by atoms with Gasteiger partial charge in [0.2, 0.25) is 0 Å². The number of carbonyl (C=O) groups is 1. The molecule has 152 valence electrons. The molecule has 7 heteroatoms. The Kier molecular flexibility index (Phi) is 5.78. The van der Waals surface area contributed by atoms with Gasteiger partial charge in [-0.3, -0.25) is 9.69 Å². The molecule has 0 unspecified atom stereocenters. The number of H-pyrrole nitrogens is 1. The number of hydrogen-bond donors (Lipinski definition) is 3. The van der Waals surface area contributed by atoms with E-state index in [1.54, 1.807) is 12.1 Å². The Balaban J connectivity index is 1.38. The number of amides is 1. The zero-order valence-corrected chi connectivity index (χ0v) is 16.6. The van der Waals surface area contributed by atoms with E-state index in [0.717, 1.165) is 55.9 Å². The average Bonchev–Trinajstić information content (AvgIpc) is 3.17. The third-order valence-corrected chi connectivity index (χ3v) is 5.28. The van der Waals surface area contributed by atoms with Crippen LogP contribution >= 0.6 is 0 Å². The molecular formula is C22H26N4O3. The average molecular weight is 394 g/mol. The summed E-state index contributed by atoms with van der Waals surface area (Å²) < 4.78 is 5.35. The van der Waals surface area contributed by atoms with E-state index in [0.29, 0.717) is 23.4 Å². The topological polar surface area (TPSA) is 90.5 Å². The molecule has 1 aromatic heterocycles. The summed E-state index contributed by atoms with van der Waals surface area (Å²) in [4.78, 5) is 22.6. The van der Waals surface area contributed by atoms with Crippen molar-refractivity contribution < 1.29 is 14.6 Å². The summed E-state index contributed by atoms with van der Waals surface area (Å²) in [5.41, 5.74) is 3.82. The van der Waals surface area contributed by atoms with Crippen LogP contribution in [0.15, 0.2) is 36.4 Å². The zero-order chi connectivity index (χ0) is 20.2. The molecule has 0 bridgehead atoms. The van der Waals surface area contributed by atoms with E-state index in [1.807, 2.05) is 31.2 Å². The standard InChI is InChI=1S/C22H26N4O3/c1-15-14-16(22(28)23-8-3-9-26-10-12-29-13-11-26)6-7-17(15)21-24-18-4-2-5-19(27)20(18)25-21/h2,4-7,14,27H,3,8-13H2,1H3,(H,23,28)(H,24,25). The van der Waals surface area contributed by atoms with Crippen molar-refractivity contribution in [2.75, 3.05) is 39.4 Å². The molecule has 0 saturated carbocycles. The Bertz CT molecular complexity index is 1010.